The molecule has 1 heterocycles. The minimum absolute atomic E-state index is 0.0232. The molecule has 0 bridgehead atoms. The van der Waals surface area contributed by atoms with E-state index in [1.807, 2.05) is 6.07 Å². The van der Waals surface area contributed by atoms with Gasteiger partial charge >= 0.3 is 5.97 Å². The Kier molecular flexibility index (Phi) is 3.90. The summed E-state index contributed by atoms with van der Waals surface area (Å²) in [4.78, 5) is 25.4. The van der Waals surface area contributed by atoms with Gasteiger partial charge in [-0.3, -0.25) is 9.59 Å². The molecule has 4 nitrogen and oxygen atoms in total. The molecule has 5 heteroatoms. The highest BCUT2D eigenvalue weighted by molar-refractivity contribution is 5.83. The van der Waals surface area contributed by atoms with E-state index in [-0.39, 0.29) is 36.1 Å². The minimum Gasteiger partial charge on any atom is -0.455 e. The molecule has 1 aliphatic carbocycles. The predicted octanol–water partition coefficient (Wildman–Crippen LogP) is 2.09. The number of carbonyl (C=O) groups excluding carboxylic acids is 2. The third-order valence-corrected chi connectivity index (χ3v) is 4.17. The molecule has 1 saturated heterocycles. The van der Waals surface area contributed by atoms with Crippen LogP contribution in [0.1, 0.15) is 30.7 Å². The number of amides is 1. The van der Waals surface area contributed by atoms with Crippen LogP contribution in [-0.2, 0) is 14.3 Å². The van der Waals surface area contributed by atoms with Crippen molar-refractivity contribution in [1.29, 1.82) is 0 Å². The summed E-state index contributed by atoms with van der Waals surface area (Å²) in [6, 6.07) is 6.29. The Balaban J connectivity index is 1.48. The zero-order chi connectivity index (χ0) is 14.8. The molecule has 2 atom stereocenters. The number of ether oxygens (including phenoxy) is 1. The smallest absolute Gasteiger partial charge is 0.310 e. The van der Waals surface area contributed by atoms with Gasteiger partial charge < -0.3 is 9.64 Å². The van der Waals surface area contributed by atoms with Crippen molar-refractivity contribution in [2.75, 3.05) is 19.7 Å². The molecule has 2 fully saturated rings. The van der Waals surface area contributed by atoms with Gasteiger partial charge in [-0.15, -0.1) is 0 Å². The van der Waals surface area contributed by atoms with E-state index in [2.05, 4.69) is 0 Å². The molecular weight excluding hydrogens is 273 g/mol. The van der Waals surface area contributed by atoms with Crippen LogP contribution in [-0.4, -0.2) is 36.5 Å². The summed E-state index contributed by atoms with van der Waals surface area (Å²) in [5.41, 5.74) is 0.822. The van der Waals surface area contributed by atoms with Crippen LogP contribution in [0.15, 0.2) is 24.3 Å². The van der Waals surface area contributed by atoms with Crippen molar-refractivity contribution in [3.05, 3.63) is 35.6 Å². The average Bonchev–Trinajstić information content (AvgIpc) is 3.10. The maximum Gasteiger partial charge on any atom is 0.310 e. The van der Waals surface area contributed by atoms with Crippen LogP contribution in [0.3, 0.4) is 0 Å². The first-order valence-electron chi connectivity index (χ1n) is 7.35. The molecule has 1 aromatic rings. The molecular formula is C16H18FNO3. The van der Waals surface area contributed by atoms with Gasteiger partial charge in [0.2, 0.25) is 0 Å². The fraction of sp³-hybridized carbons (Fsp3) is 0.500. The molecule has 2 aliphatic rings. The van der Waals surface area contributed by atoms with Gasteiger partial charge in [0.15, 0.2) is 6.61 Å². The van der Waals surface area contributed by atoms with E-state index in [0.717, 1.165) is 31.5 Å². The number of halogens is 1. The molecule has 3 rings (SSSR count). The Bertz CT molecular complexity index is 554. The maximum absolute atomic E-state index is 13.1. The summed E-state index contributed by atoms with van der Waals surface area (Å²) in [7, 11) is 0. The lowest BCUT2D eigenvalue weighted by Gasteiger charge is -2.14. The van der Waals surface area contributed by atoms with E-state index in [0.29, 0.717) is 6.42 Å². The number of nitrogens with zero attached hydrogens (tertiary/aromatic N) is 1. The van der Waals surface area contributed by atoms with Crippen LogP contribution in [0.25, 0.3) is 0 Å². The van der Waals surface area contributed by atoms with Crippen molar-refractivity contribution in [3.63, 3.8) is 0 Å². The highest BCUT2D eigenvalue weighted by atomic mass is 19.1. The minimum atomic E-state index is -0.350. The van der Waals surface area contributed by atoms with E-state index in [1.165, 1.54) is 12.1 Å². The summed E-state index contributed by atoms with van der Waals surface area (Å²) in [5, 5.41) is 0. The summed E-state index contributed by atoms with van der Waals surface area (Å²) < 4.78 is 18.2. The first-order valence-corrected chi connectivity index (χ1v) is 7.35. The molecule has 112 valence electrons. The number of hydrogen-bond donors (Lipinski definition) is 0. The first kappa shape index (κ1) is 14.0. The normalized spacial score (nSPS) is 24.0. The van der Waals surface area contributed by atoms with E-state index in [9.17, 15) is 14.0 Å². The van der Waals surface area contributed by atoms with Crippen molar-refractivity contribution in [2.45, 2.75) is 25.2 Å². The lowest BCUT2D eigenvalue weighted by Crippen LogP contribution is -2.32. The van der Waals surface area contributed by atoms with Gasteiger partial charge in [-0.05, 0) is 42.9 Å². The summed E-state index contributed by atoms with van der Waals surface area (Å²) >= 11 is 0. The van der Waals surface area contributed by atoms with Crippen molar-refractivity contribution < 1.29 is 18.7 Å². The molecule has 1 amide bonds. The van der Waals surface area contributed by atoms with Crippen molar-refractivity contribution in [1.82, 2.24) is 4.90 Å². The fourth-order valence-corrected chi connectivity index (χ4v) is 2.86. The lowest BCUT2D eigenvalue weighted by molar-refractivity contribution is -0.152. The van der Waals surface area contributed by atoms with Gasteiger partial charge in [0.25, 0.3) is 5.91 Å². The second-order valence-electron chi connectivity index (χ2n) is 5.70. The molecule has 0 aromatic heterocycles. The molecule has 0 spiro atoms. The second kappa shape index (κ2) is 5.84. The van der Waals surface area contributed by atoms with Gasteiger partial charge in [0.1, 0.15) is 5.82 Å². The number of carbonyl (C=O) groups is 2. The monoisotopic (exact) mass is 291 g/mol. The van der Waals surface area contributed by atoms with Crippen LogP contribution in [0, 0.1) is 11.7 Å². The van der Waals surface area contributed by atoms with E-state index in [1.54, 1.807) is 11.0 Å². The standard InChI is InChI=1S/C16H18FNO3/c17-12-5-3-4-11(8-12)13-9-14(13)16(20)21-10-15(19)18-6-1-2-7-18/h3-5,8,13-14H,1-2,6-7,9-10H2. The first-order chi connectivity index (χ1) is 10.1. The van der Waals surface area contributed by atoms with E-state index >= 15 is 0 Å². The van der Waals surface area contributed by atoms with Crippen LogP contribution in [0.2, 0.25) is 0 Å². The number of benzene rings is 1. The quantitative estimate of drug-likeness (QED) is 0.798. The summed E-state index contributed by atoms with van der Waals surface area (Å²) in [6.45, 7) is 1.34. The number of likely N-dealkylation sites (tertiary alicyclic amines) is 1. The largest absolute Gasteiger partial charge is 0.455 e. The zero-order valence-electron chi connectivity index (χ0n) is 11.8. The Morgan fingerprint density at radius 3 is 2.76 bits per heavy atom. The highest BCUT2D eigenvalue weighted by Crippen LogP contribution is 2.48. The highest BCUT2D eigenvalue weighted by Gasteiger charge is 2.45. The van der Waals surface area contributed by atoms with Crippen LogP contribution in [0.4, 0.5) is 4.39 Å². The van der Waals surface area contributed by atoms with Crippen LogP contribution < -0.4 is 0 Å². The van der Waals surface area contributed by atoms with Crippen molar-refractivity contribution in [3.8, 4) is 0 Å². The zero-order valence-corrected chi connectivity index (χ0v) is 11.8. The number of rotatable bonds is 4. The topological polar surface area (TPSA) is 46.6 Å². The van der Waals surface area contributed by atoms with Gasteiger partial charge in [0, 0.05) is 13.1 Å². The molecule has 1 aliphatic heterocycles. The molecule has 21 heavy (non-hydrogen) atoms. The van der Waals surface area contributed by atoms with Crippen LogP contribution in [0.5, 0.6) is 0 Å². The molecule has 0 radical (unpaired) electrons. The fourth-order valence-electron chi connectivity index (χ4n) is 2.86. The Morgan fingerprint density at radius 2 is 2.05 bits per heavy atom. The van der Waals surface area contributed by atoms with Gasteiger partial charge in [0.05, 0.1) is 5.92 Å². The lowest BCUT2D eigenvalue weighted by atomic mass is 10.1. The van der Waals surface area contributed by atoms with E-state index in [4.69, 9.17) is 4.74 Å². The third-order valence-electron chi connectivity index (χ3n) is 4.17. The maximum atomic E-state index is 13.1. The Morgan fingerprint density at radius 1 is 1.29 bits per heavy atom. The molecule has 2 unspecified atom stereocenters. The second-order valence-corrected chi connectivity index (χ2v) is 5.70. The predicted molar refractivity (Wildman–Crippen MR) is 74.0 cm³/mol. The Hall–Kier alpha value is -1.91. The average molecular weight is 291 g/mol. The Labute approximate surface area is 122 Å². The molecule has 0 N–H and O–H groups in total. The van der Waals surface area contributed by atoms with Crippen molar-refractivity contribution >= 4 is 11.9 Å². The number of esters is 1. The SMILES string of the molecule is O=C(OCC(=O)N1CCCC1)C1CC1c1cccc(F)c1. The number of hydrogen-bond acceptors (Lipinski definition) is 3. The van der Waals surface area contributed by atoms with Crippen LogP contribution >= 0.6 is 0 Å². The van der Waals surface area contributed by atoms with Gasteiger partial charge in [-0.2, -0.15) is 0 Å². The van der Waals surface area contributed by atoms with Gasteiger partial charge in [-0.25, -0.2) is 4.39 Å². The van der Waals surface area contributed by atoms with E-state index < -0.39 is 0 Å². The summed E-state index contributed by atoms with van der Waals surface area (Å²) in [6.07, 6.45) is 2.70. The molecule has 1 saturated carbocycles. The van der Waals surface area contributed by atoms with Gasteiger partial charge in [-0.1, -0.05) is 12.1 Å². The van der Waals surface area contributed by atoms with Crippen molar-refractivity contribution in [2.24, 2.45) is 5.92 Å². The molecule has 1 aromatic carbocycles. The summed E-state index contributed by atoms with van der Waals surface area (Å²) in [5.74, 6) is -0.982. The third kappa shape index (κ3) is 3.23.